The molecule has 0 spiro atoms. The van der Waals surface area contributed by atoms with Crippen LogP contribution in [0.25, 0.3) is 0 Å². The van der Waals surface area contributed by atoms with Gasteiger partial charge in [-0.15, -0.1) is 0 Å². The van der Waals surface area contributed by atoms with Crippen LogP contribution < -0.4 is 6.15 Å². The molecule has 0 aliphatic heterocycles. The van der Waals surface area contributed by atoms with E-state index in [1.54, 1.807) is 0 Å². The van der Waals surface area contributed by atoms with E-state index in [1.807, 2.05) is 30.3 Å². The van der Waals surface area contributed by atoms with Crippen molar-refractivity contribution in [3.63, 3.8) is 0 Å². The van der Waals surface area contributed by atoms with Crippen LogP contribution in [0.2, 0.25) is 0 Å². The van der Waals surface area contributed by atoms with Crippen molar-refractivity contribution in [1.29, 1.82) is 0 Å². The Kier molecular flexibility index (Phi) is 8.31. The summed E-state index contributed by atoms with van der Waals surface area (Å²) in [6.07, 6.45) is 1.42. The number of carbonyl (C=O) groups is 1. The molecule has 84 valence electrons. The standard InChI is InChI=1S/C11H13IO2.H3N/c12-8-4-7-11(13)14-9-10-5-2-1-3-6-10;/h1-3,5-6H,4,7-9H2;1H3. The van der Waals surface area contributed by atoms with Gasteiger partial charge in [-0.2, -0.15) is 0 Å². The molecule has 0 amide bonds. The van der Waals surface area contributed by atoms with Gasteiger partial charge in [0.05, 0.1) is 0 Å². The van der Waals surface area contributed by atoms with Gasteiger partial charge >= 0.3 is 5.97 Å². The van der Waals surface area contributed by atoms with Gasteiger partial charge in [-0.05, 0) is 12.0 Å². The molecular formula is C11H16INO2. The van der Waals surface area contributed by atoms with Crippen molar-refractivity contribution < 1.29 is 9.53 Å². The van der Waals surface area contributed by atoms with Crippen LogP contribution in [0, 0.1) is 0 Å². The molecule has 0 fully saturated rings. The molecule has 0 bridgehead atoms. The second-order valence-corrected chi connectivity index (χ2v) is 4.02. The molecule has 1 aromatic rings. The van der Waals surface area contributed by atoms with E-state index in [2.05, 4.69) is 22.6 Å². The van der Waals surface area contributed by atoms with Crippen molar-refractivity contribution in [3.8, 4) is 0 Å². The Balaban J connectivity index is 0.00000196. The Bertz CT molecular complexity index is 277. The first-order valence-corrected chi connectivity index (χ1v) is 6.11. The zero-order chi connectivity index (χ0) is 10.2. The zero-order valence-electron chi connectivity index (χ0n) is 8.62. The molecule has 1 rings (SSSR count). The van der Waals surface area contributed by atoms with Gasteiger partial charge in [-0.3, -0.25) is 4.79 Å². The summed E-state index contributed by atoms with van der Waals surface area (Å²) in [6, 6.07) is 9.72. The van der Waals surface area contributed by atoms with Gasteiger partial charge in [0, 0.05) is 10.8 Å². The number of halogens is 1. The van der Waals surface area contributed by atoms with E-state index in [0.29, 0.717) is 13.0 Å². The first kappa shape index (κ1) is 14.4. The van der Waals surface area contributed by atoms with Gasteiger partial charge in [-0.25, -0.2) is 0 Å². The van der Waals surface area contributed by atoms with E-state index >= 15 is 0 Å². The summed E-state index contributed by atoms with van der Waals surface area (Å²) in [5.41, 5.74) is 1.04. The minimum atomic E-state index is -0.106. The number of alkyl halides is 1. The van der Waals surface area contributed by atoms with E-state index in [0.717, 1.165) is 16.4 Å². The van der Waals surface area contributed by atoms with E-state index in [1.165, 1.54) is 0 Å². The summed E-state index contributed by atoms with van der Waals surface area (Å²) in [6.45, 7) is 0.390. The molecule has 0 atom stereocenters. The van der Waals surface area contributed by atoms with Gasteiger partial charge in [0.2, 0.25) is 0 Å². The molecule has 3 nitrogen and oxygen atoms in total. The molecule has 0 saturated carbocycles. The number of hydrogen-bond donors (Lipinski definition) is 1. The average molecular weight is 321 g/mol. The smallest absolute Gasteiger partial charge is 0.306 e. The first-order chi connectivity index (χ1) is 6.83. The number of benzene rings is 1. The number of rotatable bonds is 5. The van der Waals surface area contributed by atoms with Crippen molar-refractivity contribution in [2.75, 3.05) is 4.43 Å². The van der Waals surface area contributed by atoms with Crippen LogP contribution >= 0.6 is 22.6 Å². The van der Waals surface area contributed by atoms with E-state index < -0.39 is 0 Å². The fourth-order valence-corrected chi connectivity index (χ4v) is 1.40. The SMILES string of the molecule is N.O=C(CCCI)OCc1ccccc1. The highest BCUT2D eigenvalue weighted by molar-refractivity contribution is 14.1. The van der Waals surface area contributed by atoms with Gasteiger partial charge < -0.3 is 10.9 Å². The highest BCUT2D eigenvalue weighted by Gasteiger charge is 2.01. The molecule has 0 heterocycles. The molecule has 1 aromatic carbocycles. The second kappa shape index (κ2) is 8.67. The summed E-state index contributed by atoms with van der Waals surface area (Å²) < 4.78 is 6.09. The molecule has 0 unspecified atom stereocenters. The lowest BCUT2D eigenvalue weighted by Crippen LogP contribution is -2.04. The van der Waals surface area contributed by atoms with Crippen molar-refractivity contribution >= 4 is 28.6 Å². The van der Waals surface area contributed by atoms with E-state index in [4.69, 9.17) is 4.74 Å². The fraction of sp³-hybridized carbons (Fsp3) is 0.364. The van der Waals surface area contributed by atoms with Crippen molar-refractivity contribution in [1.82, 2.24) is 6.15 Å². The summed E-state index contributed by atoms with van der Waals surface area (Å²) in [4.78, 5) is 11.1. The third-order valence-electron chi connectivity index (χ3n) is 1.76. The van der Waals surface area contributed by atoms with Gasteiger partial charge in [0.15, 0.2) is 0 Å². The van der Waals surface area contributed by atoms with Crippen molar-refractivity contribution in [2.24, 2.45) is 0 Å². The van der Waals surface area contributed by atoms with Crippen LogP contribution in [-0.4, -0.2) is 10.4 Å². The van der Waals surface area contributed by atoms with Crippen LogP contribution in [0.15, 0.2) is 30.3 Å². The minimum absolute atomic E-state index is 0. The molecule has 4 heteroatoms. The summed E-state index contributed by atoms with van der Waals surface area (Å²) in [5.74, 6) is -0.106. The molecule has 15 heavy (non-hydrogen) atoms. The number of carbonyl (C=O) groups excluding carboxylic acids is 1. The second-order valence-electron chi connectivity index (χ2n) is 2.94. The lowest BCUT2D eigenvalue weighted by molar-refractivity contribution is -0.144. The Morgan fingerprint density at radius 1 is 1.27 bits per heavy atom. The minimum Gasteiger partial charge on any atom is -0.461 e. The van der Waals surface area contributed by atoms with Gasteiger partial charge in [-0.1, -0.05) is 52.9 Å². The summed E-state index contributed by atoms with van der Waals surface area (Å²) in [5, 5.41) is 0. The fourth-order valence-electron chi connectivity index (χ4n) is 1.02. The van der Waals surface area contributed by atoms with Crippen molar-refractivity contribution in [2.45, 2.75) is 19.4 Å². The first-order valence-electron chi connectivity index (χ1n) is 4.58. The van der Waals surface area contributed by atoms with Gasteiger partial charge in [0.1, 0.15) is 6.61 Å². The molecule has 0 aliphatic carbocycles. The van der Waals surface area contributed by atoms with Crippen molar-refractivity contribution in [3.05, 3.63) is 35.9 Å². The maximum absolute atomic E-state index is 11.1. The number of esters is 1. The highest BCUT2D eigenvalue weighted by atomic mass is 127. The lowest BCUT2D eigenvalue weighted by Gasteiger charge is -2.03. The quantitative estimate of drug-likeness (QED) is 0.515. The molecule has 0 aliphatic rings. The summed E-state index contributed by atoms with van der Waals surface area (Å²) >= 11 is 2.25. The topological polar surface area (TPSA) is 61.3 Å². The van der Waals surface area contributed by atoms with Crippen LogP contribution in [-0.2, 0) is 16.1 Å². The molecule has 3 N–H and O–H groups in total. The number of hydrogen-bond acceptors (Lipinski definition) is 3. The largest absolute Gasteiger partial charge is 0.461 e. The zero-order valence-corrected chi connectivity index (χ0v) is 10.8. The Labute approximate surface area is 104 Å². The predicted octanol–water partition coefficient (Wildman–Crippen LogP) is 3.11. The monoisotopic (exact) mass is 321 g/mol. The third-order valence-corrected chi connectivity index (χ3v) is 2.52. The van der Waals surface area contributed by atoms with Crippen LogP contribution in [0.3, 0.4) is 0 Å². The molecule has 0 saturated heterocycles. The normalized spacial score (nSPS) is 9.13. The van der Waals surface area contributed by atoms with Crippen LogP contribution in [0.4, 0.5) is 0 Å². The average Bonchev–Trinajstić information content (AvgIpc) is 2.25. The Morgan fingerprint density at radius 2 is 1.93 bits per heavy atom. The molecular weight excluding hydrogens is 305 g/mol. The Morgan fingerprint density at radius 3 is 2.53 bits per heavy atom. The van der Waals surface area contributed by atoms with Crippen LogP contribution in [0.1, 0.15) is 18.4 Å². The van der Waals surface area contributed by atoms with E-state index in [9.17, 15) is 4.79 Å². The predicted molar refractivity (Wildman–Crippen MR) is 69.4 cm³/mol. The summed E-state index contributed by atoms with van der Waals surface area (Å²) in [7, 11) is 0. The van der Waals surface area contributed by atoms with Crippen LogP contribution in [0.5, 0.6) is 0 Å². The molecule has 0 radical (unpaired) electrons. The number of ether oxygens (including phenoxy) is 1. The highest BCUT2D eigenvalue weighted by Crippen LogP contribution is 2.03. The molecule has 0 aromatic heterocycles. The van der Waals surface area contributed by atoms with Gasteiger partial charge in [0.25, 0.3) is 0 Å². The third kappa shape index (κ3) is 6.46. The maximum atomic E-state index is 11.1. The maximum Gasteiger partial charge on any atom is 0.306 e. The Hall–Kier alpha value is -0.620. The lowest BCUT2D eigenvalue weighted by atomic mass is 10.2. The van der Waals surface area contributed by atoms with E-state index in [-0.39, 0.29) is 12.1 Å².